The van der Waals surface area contributed by atoms with Crippen molar-refractivity contribution in [1.82, 2.24) is 18.7 Å². The first kappa shape index (κ1) is 16.3. The largest absolute Gasteiger partial charge is 0.310 e. The molecule has 0 bridgehead atoms. The van der Waals surface area contributed by atoms with Crippen LogP contribution in [0, 0.1) is 0 Å². The van der Waals surface area contributed by atoms with Gasteiger partial charge in [0.2, 0.25) is 5.91 Å². The molecule has 1 N–H and O–H groups in total. The summed E-state index contributed by atoms with van der Waals surface area (Å²) in [6.45, 7) is 1.44. The highest BCUT2D eigenvalue weighted by Crippen LogP contribution is 2.22. The molecule has 0 spiro atoms. The van der Waals surface area contributed by atoms with Crippen LogP contribution in [0.25, 0.3) is 16.8 Å². The molecule has 3 aromatic heterocycles. The maximum atomic E-state index is 12.2. The predicted octanol–water partition coefficient (Wildman–Crippen LogP) is 1.94. The van der Waals surface area contributed by atoms with Crippen molar-refractivity contribution in [2.45, 2.75) is 11.8 Å². The number of carbonyl (C=O) groups is 1. The first-order valence-corrected chi connectivity index (χ1v) is 8.35. The number of nitrogens with one attached hydrogen (secondary N) is 1. The number of imidazole rings is 1. The van der Waals surface area contributed by atoms with E-state index in [0.29, 0.717) is 10.7 Å². The van der Waals surface area contributed by atoms with E-state index < -0.39 is 11.0 Å². The number of anilines is 1. The molecule has 3 aromatic rings. The summed E-state index contributed by atoms with van der Waals surface area (Å²) in [6.07, 6.45) is 6.97. The second-order valence-electron chi connectivity index (χ2n) is 5.46. The number of pyridine rings is 2. The van der Waals surface area contributed by atoms with Crippen LogP contribution in [0.15, 0.2) is 47.9 Å². The van der Waals surface area contributed by atoms with E-state index in [-0.39, 0.29) is 5.91 Å². The second kappa shape index (κ2) is 6.50. The summed E-state index contributed by atoms with van der Waals surface area (Å²) >= 11 is 0. The third-order valence-corrected chi connectivity index (χ3v) is 4.62. The van der Waals surface area contributed by atoms with Crippen molar-refractivity contribution in [3.63, 3.8) is 0 Å². The van der Waals surface area contributed by atoms with Crippen molar-refractivity contribution in [3.8, 4) is 11.1 Å². The van der Waals surface area contributed by atoms with Crippen LogP contribution in [-0.2, 0) is 15.8 Å². The lowest BCUT2D eigenvalue weighted by Gasteiger charge is -2.10. The number of rotatable bonds is 4. The molecule has 0 radical (unpaired) electrons. The van der Waals surface area contributed by atoms with Crippen molar-refractivity contribution in [2.24, 2.45) is 0 Å². The molecule has 1 atom stereocenters. The summed E-state index contributed by atoms with van der Waals surface area (Å²) < 4.78 is 15.6. The SMILES string of the molecule is CC(=O)Nc1cn2cc(-c3cncc(S(=O)N(C)C)c3)ccc2n1. The average Bonchev–Trinajstić information content (AvgIpc) is 2.94. The van der Waals surface area contributed by atoms with Crippen LogP contribution in [0.3, 0.4) is 0 Å². The van der Waals surface area contributed by atoms with Gasteiger partial charge in [0.1, 0.15) is 16.6 Å². The van der Waals surface area contributed by atoms with Gasteiger partial charge < -0.3 is 9.72 Å². The molecule has 124 valence electrons. The molecule has 3 heterocycles. The van der Waals surface area contributed by atoms with Crippen molar-refractivity contribution in [1.29, 1.82) is 0 Å². The van der Waals surface area contributed by atoms with Gasteiger partial charge in [-0.25, -0.2) is 13.5 Å². The fraction of sp³-hybridized carbons (Fsp3) is 0.188. The Morgan fingerprint density at radius 2 is 2.00 bits per heavy atom. The summed E-state index contributed by atoms with van der Waals surface area (Å²) in [5.74, 6) is 0.335. The molecule has 0 aliphatic carbocycles. The fourth-order valence-corrected chi connectivity index (χ4v) is 3.09. The summed E-state index contributed by atoms with van der Waals surface area (Å²) in [5.41, 5.74) is 2.50. The quantitative estimate of drug-likeness (QED) is 0.785. The monoisotopic (exact) mass is 343 g/mol. The molecule has 0 fully saturated rings. The van der Waals surface area contributed by atoms with Crippen LogP contribution in [0.2, 0.25) is 0 Å². The number of amides is 1. The smallest absolute Gasteiger partial charge is 0.222 e. The number of fused-ring (bicyclic) bond motifs is 1. The highest BCUT2D eigenvalue weighted by molar-refractivity contribution is 7.82. The molecular weight excluding hydrogens is 326 g/mol. The van der Waals surface area contributed by atoms with Gasteiger partial charge in [-0.2, -0.15) is 0 Å². The second-order valence-corrected chi connectivity index (χ2v) is 7.16. The average molecular weight is 343 g/mol. The summed E-state index contributed by atoms with van der Waals surface area (Å²) in [5, 5.41) is 2.66. The van der Waals surface area contributed by atoms with Crippen LogP contribution in [-0.4, -0.2) is 42.9 Å². The molecule has 1 unspecified atom stereocenters. The van der Waals surface area contributed by atoms with E-state index >= 15 is 0 Å². The molecule has 3 rings (SSSR count). The molecule has 0 saturated carbocycles. The topological polar surface area (TPSA) is 79.6 Å². The molecule has 0 aromatic carbocycles. The van der Waals surface area contributed by atoms with E-state index in [2.05, 4.69) is 15.3 Å². The standard InChI is InChI=1S/C16H17N5O2S/c1-11(22)18-15-10-21-9-12(4-5-16(21)19-15)13-6-14(8-17-7-13)24(23)20(2)3/h4-10H,1-3H3,(H,18,22). The summed E-state index contributed by atoms with van der Waals surface area (Å²) in [6, 6.07) is 5.63. The molecular formula is C16H17N5O2S. The number of hydrogen-bond donors (Lipinski definition) is 1. The highest BCUT2D eigenvalue weighted by Gasteiger charge is 2.10. The Labute approximate surface area is 141 Å². The minimum Gasteiger partial charge on any atom is -0.310 e. The van der Waals surface area contributed by atoms with Crippen molar-refractivity contribution >= 4 is 28.4 Å². The Bertz CT molecular complexity index is 935. The number of nitrogens with zero attached hydrogens (tertiary/aromatic N) is 4. The maximum absolute atomic E-state index is 12.2. The minimum absolute atomic E-state index is 0.165. The van der Waals surface area contributed by atoms with Gasteiger partial charge in [-0.15, -0.1) is 0 Å². The minimum atomic E-state index is -1.24. The van der Waals surface area contributed by atoms with Gasteiger partial charge >= 0.3 is 0 Å². The van der Waals surface area contributed by atoms with Crippen molar-refractivity contribution in [2.75, 3.05) is 19.4 Å². The van der Waals surface area contributed by atoms with Crippen molar-refractivity contribution < 1.29 is 9.00 Å². The molecule has 0 saturated heterocycles. The van der Waals surface area contributed by atoms with E-state index in [1.807, 2.05) is 28.8 Å². The van der Waals surface area contributed by atoms with Crippen LogP contribution >= 0.6 is 0 Å². The maximum Gasteiger partial charge on any atom is 0.222 e. The zero-order chi connectivity index (χ0) is 17.3. The molecule has 1 amide bonds. The first-order chi connectivity index (χ1) is 11.4. The van der Waals surface area contributed by atoms with Gasteiger partial charge in [0.15, 0.2) is 5.82 Å². The summed E-state index contributed by atoms with van der Waals surface area (Å²) in [7, 11) is 2.26. The highest BCUT2D eigenvalue weighted by atomic mass is 32.2. The van der Waals surface area contributed by atoms with E-state index in [0.717, 1.165) is 16.8 Å². The number of aromatic nitrogens is 3. The van der Waals surface area contributed by atoms with E-state index in [1.54, 1.807) is 37.0 Å². The molecule has 24 heavy (non-hydrogen) atoms. The normalized spacial score (nSPS) is 12.5. The molecule has 0 aliphatic heterocycles. The Morgan fingerprint density at radius 3 is 2.71 bits per heavy atom. The lowest BCUT2D eigenvalue weighted by atomic mass is 10.1. The van der Waals surface area contributed by atoms with Gasteiger partial charge in [0.05, 0.1) is 11.1 Å². The van der Waals surface area contributed by atoms with E-state index in [1.165, 1.54) is 6.92 Å². The van der Waals surface area contributed by atoms with E-state index in [4.69, 9.17) is 0 Å². The zero-order valence-corrected chi connectivity index (χ0v) is 14.4. The molecule has 0 aliphatic rings. The Hall–Kier alpha value is -2.58. The molecule has 7 nitrogen and oxygen atoms in total. The van der Waals surface area contributed by atoms with Gasteiger partial charge in [-0.05, 0) is 32.3 Å². The molecule has 8 heteroatoms. The number of carbonyl (C=O) groups excluding carboxylic acids is 1. The van der Waals surface area contributed by atoms with Gasteiger partial charge in [-0.3, -0.25) is 9.78 Å². The van der Waals surface area contributed by atoms with E-state index in [9.17, 15) is 9.00 Å². The third-order valence-electron chi connectivity index (χ3n) is 3.33. The van der Waals surface area contributed by atoms with Crippen molar-refractivity contribution in [3.05, 3.63) is 43.0 Å². The lowest BCUT2D eigenvalue weighted by molar-refractivity contribution is -0.114. The third kappa shape index (κ3) is 3.34. The Kier molecular flexibility index (Phi) is 4.41. The van der Waals surface area contributed by atoms with Crippen LogP contribution in [0.5, 0.6) is 0 Å². The Balaban J connectivity index is 1.98. The zero-order valence-electron chi connectivity index (χ0n) is 13.6. The Morgan fingerprint density at radius 1 is 1.21 bits per heavy atom. The lowest BCUT2D eigenvalue weighted by Crippen LogP contribution is -2.15. The van der Waals surface area contributed by atoms with Crippen LogP contribution in [0.4, 0.5) is 5.82 Å². The number of hydrogen-bond acceptors (Lipinski definition) is 4. The van der Waals surface area contributed by atoms with Crippen LogP contribution in [0.1, 0.15) is 6.92 Å². The van der Waals surface area contributed by atoms with Crippen LogP contribution < -0.4 is 5.32 Å². The van der Waals surface area contributed by atoms with Gasteiger partial charge in [0, 0.05) is 36.6 Å². The van der Waals surface area contributed by atoms with Gasteiger partial charge in [0.25, 0.3) is 0 Å². The predicted molar refractivity (Wildman–Crippen MR) is 92.8 cm³/mol. The summed E-state index contributed by atoms with van der Waals surface area (Å²) in [4.78, 5) is 20.3. The van der Waals surface area contributed by atoms with Gasteiger partial charge in [-0.1, -0.05) is 0 Å². The first-order valence-electron chi connectivity index (χ1n) is 7.25. The fourth-order valence-electron chi connectivity index (χ4n) is 2.29.